The fraction of sp³-hybridized carbons (Fsp3) is 0.455. The molecule has 0 fully saturated rings. The van der Waals surface area contributed by atoms with Crippen molar-refractivity contribution in [2.24, 2.45) is 5.41 Å². The Balaban J connectivity index is 0.000000385. The van der Waals surface area contributed by atoms with Crippen molar-refractivity contribution < 1.29 is 4.79 Å². The quantitative estimate of drug-likeness (QED) is 0.659. The maximum Gasteiger partial charge on any atom is 0.212 e. The van der Waals surface area contributed by atoms with Crippen LogP contribution >= 0.6 is 27.5 Å². The lowest BCUT2D eigenvalue weighted by Crippen LogP contribution is -1.96. The molecule has 0 aliphatic heterocycles. The van der Waals surface area contributed by atoms with Gasteiger partial charge in [0.15, 0.2) is 0 Å². The minimum absolute atomic E-state index is 0.469. The van der Waals surface area contributed by atoms with Gasteiger partial charge in [0.1, 0.15) is 10.4 Å². The number of anilines is 1. The Morgan fingerprint density at radius 2 is 1.88 bits per heavy atom. The maximum absolute atomic E-state index is 9.97. The van der Waals surface area contributed by atoms with Crippen LogP contribution < -0.4 is 5.32 Å². The van der Waals surface area contributed by atoms with Gasteiger partial charge in [-0.1, -0.05) is 39.3 Å². The minimum Gasteiger partial charge on any atom is -0.313 e. The second-order valence-electron chi connectivity index (χ2n) is 4.73. The molecular formula is C11H16BrClN2O. The molecule has 0 atom stereocenters. The topological polar surface area (TPSA) is 42.0 Å². The highest BCUT2D eigenvalue weighted by Gasteiger charge is 1.98. The summed E-state index contributed by atoms with van der Waals surface area (Å²) >= 11 is 8.77. The summed E-state index contributed by atoms with van der Waals surface area (Å²) in [5.74, 6) is 0.469. The fourth-order valence-electron chi connectivity index (χ4n) is 0.558. The molecule has 16 heavy (non-hydrogen) atoms. The Morgan fingerprint density at radius 3 is 2.25 bits per heavy atom. The van der Waals surface area contributed by atoms with Gasteiger partial charge in [0, 0.05) is 0 Å². The van der Waals surface area contributed by atoms with Crippen molar-refractivity contribution in [1.29, 1.82) is 0 Å². The summed E-state index contributed by atoms with van der Waals surface area (Å²) in [7, 11) is 0. The summed E-state index contributed by atoms with van der Waals surface area (Å²) < 4.78 is 0.519. The van der Waals surface area contributed by atoms with Gasteiger partial charge in [-0.15, -0.1) is 0 Å². The highest BCUT2D eigenvalue weighted by atomic mass is 79.9. The van der Waals surface area contributed by atoms with E-state index in [-0.39, 0.29) is 0 Å². The normalized spacial score (nSPS) is 10.1. The van der Waals surface area contributed by atoms with Crippen LogP contribution in [0.1, 0.15) is 27.7 Å². The number of pyridine rings is 1. The monoisotopic (exact) mass is 306 g/mol. The summed E-state index contributed by atoms with van der Waals surface area (Å²) in [4.78, 5) is 13.9. The van der Waals surface area contributed by atoms with Gasteiger partial charge in [-0.05, 0) is 33.5 Å². The lowest BCUT2D eigenvalue weighted by Gasteiger charge is -2.05. The molecule has 1 amide bonds. The van der Waals surface area contributed by atoms with Crippen molar-refractivity contribution in [3.05, 3.63) is 21.8 Å². The number of nitrogens with one attached hydrogen (secondary N) is 1. The van der Waals surface area contributed by atoms with E-state index in [2.05, 4.69) is 53.9 Å². The molecule has 0 bridgehead atoms. The van der Waals surface area contributed by atoms with Crippen molar-refractivity contribution in [3.63, 3.8) is 0 Å². The van der Waals surface area contributed by atoms with Gasteiger partial charge in [-0.3, -0.25) is 4.79 Å². The Hall–Kier alpha value is -0.610. The number of amides is 1. The van der Waals surface area contributed by atoms with Gasteiger partial charge in [0.25, 0.3) is 0 Å². The maximum atomic E-state index is 9.97. The molecule has 0 aliphatic carbocycles. The Bertz CT molecular complexity index is 344. The molecular weight excluding hydrogens is 291 g/mol. The third-order valence-electron chi connectivity index (χ3n) is 1.01. The molecule has 1 aromatic rings. The van der Waals surface area contributed by atoms with Crippen LogP contribution in [-0.4, -0.2) is 11.4 Å². The minimum atomic E-state index is 0.469. The largest absolute Gasteiger partial charge is 0.313 e. The predicted octanol–water partition coefficient (Wildman–Crippen LogP) is 4.12. The third kappa shape index (κ3) is 8.68. The lowest BCUT2D eigenvalue weighted by atomic mass is 10.0. The first-order valence-corrected chi connectivity index (χ1v) is 5.93. The standard InChI is InChI=1S/C6H4BrClN2O.C5H12/c7-6-4(8)1-2-5(10-6)9-3-11;1-5(2,3)4/h1-3H,(H,9,10,11);1-4H3. The Kier molecular flexibility index (Phi) is 6.60. The van der Waals surface area contributed by atoms with Crippen molar-refractivity contribution in [1.82, 2.24) is 4.98 Å². The molecule has 0 spiro atoms. The average molecular weight is 308 g/mol. The molecule has 5 heteroatoms. The highest BCUT2D eigenvalue weighted by Crippen LogP contribution is 2.21. The lowest BCUT2D eigenvalue weighted by molar-refractivity contribution is -0.105. The molecule has 0 aliphatic rings. The van der Waals surface area contributed by atoms with Crippen LogP contribution in [-0.2, 0) is 4.79 Å². The molecule has 3 nitrogen and oxygen atoms in total. The van der Waals surface area contributed by atoms with Crippen molar-refractivity contribution in [2.45, 2.75) is 27.7 Å². The van der Waals surface area contributed by atoms with E-state index in [0.29, 0.717) is 27.3 Å². The zero-order chi connectivity index (χ0) is 12.8. The second kappa shape index (κ2) is 6.86. The summed E-state index contributed by atoms with van der Waals surface area (Å²) in [6.45, 7) is 8.75. The average Bonchev–Trinajstić information content (AvgIpc) is 2.09. The third-order valence-corrected chi connectivity index (χ3v) is 2.15. The first kappa shape index (κ1) is 15.4. The summed E-state index contributed by atoms with van der Waals surface area (Å²) in [5, 5.41) is 2.91. The molecule has 0 unspecified atom stereocenters. The van der Waals surface area contributed by atoms with E-state index in [1.807, 2.05) is 0 Å². The molecule has 0 saturated carbocycles. The zero-order valence-electron chi connectivity index (χ0n) is 9.84. The zero-order valence-corrected chi connectivity index (χ0v) is 12.2. The van der Waals surface area contributed by atoms with E-state index in [1.165, 1.54) is 0 Å². The van der Waals surface area contributed by atoms with Crippen LogP contribution in [0.15, 0.2) is 16.7 Å². The van der Waals surface area contributed by atoms with Gasteiger partial charge in [-0.2, -0.15) is 0 Å². The van der Waals surface area contributed by atoms with Crippen LogP contribution in [0.5, 0.6) is 0 Å². The number of hydrogen-bond acceptors (Lipinski definition) is 2. The van der Waals surface area contributed by atoms with E-state index in [1.54, 1.807) is 12.1 Å². The number of halogens is 2. The van der Waals surface area contributed by atoms with Gasteiger partial charge >= 0.3 is 0 Å². The van der Waals surface area contributed by atoms with Crippen LogP contribution in [0.2, 0.25) is 5.02 Å². The molecule has 0 aromatic carbocycles. The van der Waals surface area contributed by atoms with Gasteiger partial charge in [0.2, 0.25) is 6.41 Å². The Morgan fingerprint density at radius 1 is 1.38 bits per heavy atom. The molecule has 90 valence electrons. The van der Waals surface area contributed by atoms with Gasteiger partial charge in [0.05, 0.1) is 5.02 Å². The number of hydrogen-bond donors (Lipinski definition) is 1. The first-order chi connectivity index (χ1) is 7.24. The highest BCUT2D eigenvalue weighted by molar-refractivity contribution is 9.10. The van der Waals surface area contributed by atoms with Crippen molar-refractivity contribution in [2.75, 3.05) is 5.32 Å². The SMILES string of the molecule is CC(C)(C)C.O=CNc1ccc(Cl)c(Br)n1. The van der Waals surface area contributed by atoms with Gasteiger partial charge < -0.3 is 5.32 Å². The summed E-state index contributed by atoms with van der Waals surface area (Å²) in [6, 6.07) is 3.26. The van der Waals surface area contributed by atoms with E-state index < -0.39 is 0 Å². The molecule has 1 heterocycles. The number of aromatic nitrogens is 1. The number of carbonyl (C=O) groups is 1. The Labute approximate surface area is 110 Å². The second-order valence-corrected chi connectivity index (χ2v) is 5.89. The van der Waals surface area contributed by atoms with Crippen molar-refractivity contribution in [3.8, 4) is 0 Å². The first-order valence-electron chi connectivity index (χ1n) is 4.76. The number of nitrogens with zero attached hydrogens (tertiary/aromatic N) is 1. The van der Waals surface area contributed by atoms with Crippen LogP contribution in [0, 0.1) is 5.41 Å². The fourth-order valence-corrected chi connectivity index (χ4v) is 0.987. The van der Waals surface area contributed by atoms with E-state index in [0.717, 1.165) is 0 Å². The van der Waals surface area contributed by atoms with E-state index in [9.17, 15) is 4.79 Å². The molecule has 1 rings (SSSR count). The number of rotatable bonds is 2. The smallest absolute Gasteiger partial charge is 0.212 e. The van der Waals surface area contributed by atoms with Crippen LogP contribution in [0.4, 0.5) is 5.82 Å². The van der Waals surface area contributed by atoms with Crippen LogP contribution in [0.25, 0.3) is 0 Å². The predicted molar refractivity (Wildman–Crippen MR) is 71.8 cm³/mol. The van der Waals surface area contributed by atoms with Crippen molar-refractivity contribution >= 4 is 39.8 Å². The van der Waals surface area contributed by atoms with Crippen LogP contribution in [0.3, 0.4) is 0 Å². The summed E-state index contributed by atoms with van der Waals surface area (Å²) in [5.41, 5.74) is 0.500. The van der Waals surface area contributed by atoms with E-state index >= 15 is 0 Å². The van der Waals surface area contributed by atoms with Gasteiger partial charge in [-0.25, -0.2) is 4.98 Å². The molecule has 0 saturated heterocycles. The summed E-state index contributed by atoms with van der Waals surface area (Å²) in [6.07, 6.45) is 0.558. The molecule has 1 aromatic heterocycles. The molecule has 0 radical (unpaired) electrons. The van der Waals surface area contributed by atoms with E-state index in [4.69, 9.17) is 11.6 Å². The number of carbonyl (C=O) groups excluding carboxylic acids is 1. The molecule has 1 N–H and O–H groups in total.